The molecule has 0 heterocycles. The Hall–Kier alpha value is 0. The van der Waals surface area contributed by atoms with Gasteiger partial charge in [-0.3, -0.25) is 0 Å². The molecule has 0 rings (SSSR count). The van der Waals surface area contributed by atoms with E-state index in [1.807, 2.05) is 13.8 Å². The van der Waals surface area contributed by atoms with Crippen molar-refractivity contribution in [2.75, 3.05) is 0 Å². The lowest BCUT2D eigenvalue weighted by Crippen LogP contribution is -2.21. The van der Waals surface area contributed by atoms with Crippen LogP contribution >= 0.6 is 0 Å². The first-order chi connectivity index (χ1) is 7.14. The van der Waals surface area contributed by atoms with Crippen LogP contribution in [0.1, 0.15) is 87.0 Å². The van der Waals surface area contributed by atoms with E-state index in [1.54, 1.807) is 0 Å². The molecule has 0 aromatic rings. The van der Waals surface area contributed by atoms with Crippen molar-refractivity contribution in [3.05, 3.63) is 0 Å². The summed E-state index contributed by atoms with van der Waals surface area (Å²) in [6.45, 7) is 15.8. The first-order valence-corrected chi connectivity index (χ1v) is 7.14. The van der Waals surface area contributed by atoms with Gasteiger partial charge in [0, 0.05) is 0 Å². The van der Waals surface area contributed by atoms with Crippen molar-refractivity contribution < 1.29 is 0 Å². The van der Waals surface area contributed by atoms with E-state index >= 15 is 0 Å². The number of hydrogen-bond donors (Lipinski definition) is 0. The van der Waals surface area contributed by atoms with E-state index < -0.39 is 0 Å². The van der Waals surface area contributed by atoms with E-state index in [1.165, 1.54) is 38.5 Å². The maximum absolute atomic E-state index is 2.40. The molecule has 0 aliphatic heterocycles. The summed E-state index contributed by atoms with van der Waals surface area (Å²) < 4.78 is 0. The lowest BCUT2D eigenvalue weighted by atomic mass is 9.72. The molecular weight excluding hydrogens is 180 g/mol. The van der Waals surface area contributed by atoms with Crippen LogP contribution in [0.15, 0.2) is 0 Å². The van der Waals surface area contributed by atoms with E-state index in [9.17, 15) is 0 Å². The lowest BCUT2D eigenvalue weighted by Gasteiger charge is -2.34. The van der Waals surface area contributed by atoms with Gasteiger partial charge in [0.2, 0.25) is 0 Å². The van der Waals surface area contributed by atoms with Crippen molar-refractivity contribution in [1.82, 2.24) is 0 Å². The molecular formula is C15H34. The van der Waals surface area contributed by atoms with Gasteiger partial charge in [0.05, 0.1) is 0 Å². The van der Waals surface area contributed by atoms with E-state index in [2.05, 4.69) is 34.6 Å². The summed E-state index contributed by atoms with van der Waals surface area (Å²) in [5.41, 5.74) is 0.657. The molecule has 1 unspecified atom stereocenters. The lowest BCUT2D eigenvalue weighted by molar-refractivity contribution is 0.179. The van der Waals surface area contributed by atoms with Crippen LogP contribution in [0.5, 0.6) is 0 Å². The molecule has 0 radical (unpaired) electrons. The Morgan fingerprint density at radius 2 is 1.40 bits per heavy atom. The third-order valence-corrected chi connectivity index (χ3v) is 3.76. The summed E-state index contributed by atoms with van der Waals surface area (Å²) in [7, 11) is 0. The van der Waals surface area contributed by atoms with Gasteiger partial charge in [0.25, 0.3) is 0 Å². The van der Waals surface area contributed by atoms with Gasteiger partial charge in [0.1, 0.15) is 0 Å². The van der Waals surface area contributed by atoms with Crippen LogP contribution in [0.4, 0.5) is 0 Å². The van der Waals surface area contributed by atoms with Gasteiger partial charge in [-0.25, -0.2) is 0 Å². The zero-order valence-electron chi connectivity index (χ0n) is 12.3. The Morgan fingerprint density at radius 3 is 1.67 bits per heavy atom. The van der Waals surface area contributed by atoms with Crippen molar-refractivity contribution in [2.24, 2.45) is 11.3 Å². The largest absolute Gasteiger partial charge is 0.0683 e. The summed E-state index contributed by atoms with van der Waals surface area (Å²) in [4.78, 5) is 0. The highest BCUT2D eigenvalue weighted by Gasteiger charge is 2.26. The molecule has 0 aliphatic carbocycles. The normalized spacial score (nSPS) is 13.0. The Kier molecular flexibility index (Phi) is 12.2. The molecule has 0 aromatic heterocycles. The van der Waals surface area contributed by atoms with Gasteiger partial charge in [-0.05, 0) is 24.2 Å². The van der Waals surface area contributed by atoms with E-state index in [-0.39, 0.29) is 0 Å². The Labute approximate surface area is 98.9 Å². The fourth-order valence-electron chi connectivity index (χ4n) is 2.41. The smallest absolute Gasteiger partial charge is 0.0300 e. The Balaban J connectivity index is 0. The number of hydrogen-bond acceptors (Lipinski definition) is 0. The molecule has 0 saturated carbocycles. The van der Waals surface area contributed by atoms with E-state index in [4.69, 9.17) is 0 Å². The van der Waals surface area contributed by atoms with Crippen LogP contribution in [-0.2, 0) is 0 Å². The molecule has 15 heavy (non-hydrogen) atoms. The molecule has 0 aliphatic rings. The topological polar surface area (TPSA) is 0 Å². The zero-order chi connectivity index (χ0) is 12.3. The van der Waals surface area contributed by atoms with E-state index in [0.29, 0.717) is 5.41 Å². The number of rotatable bonds is 7. The molecule has 94 valence electrons. The molecule has 0 saturated heterocycles. The van der Waals surface area contributed by atoms with Gasteiger partial charge >= 0.3 is 0 Å². The van der Waals surface area contributed by atoms with Gasteiger partial charge in [-0.1, -0.05) is 74.1 Å². The summed E-state index contributed by atoms with van der Waals surface area (Å²) in [6, 6.07) is 0. The van der Waals surface area contributed by atoms with Crippen LogP contribution in [-0.4, -0.2) is 0 Å². The highest BCUT2D eigenvalue weighted by molar-refractivity contribution is 4.77. The minimum absolute atomic E-state index is 0.657. The predicted octanol–water partition coefficient (Wildman–Crippen LogP) is 6.06. The molecule has 0 spiro atoms. The standard InChI is InChI=1S/C13H28.C2H6/c1-6-10-13(8-3,9-4)11-12(5)7-2;1-2/h12H,6-11H2,1-5H3;1-2H3. The zero-order valence-corrected chi connectivity index (χ0v) is 12.3. The molecule has 0 heteroatoms. The van der Waals surface area contributed by atoms with Crippen LogP contribution in [0.2, 0.25) is 0 Å². The third kappa shape index (κ3) is 6.98. The molecule has 0 bridgehead atoms. The fraction of sp³-hybridized carbons (Fsp3) is 1.00. The maximum atomic E-state index is 2.40. The van der Waals surface area contributed by atoms with Crippen molar-refractivity contribution in [1.29, 1.82) is 0 Å². The second-order valence-electron chi connectivity index (χ2n) is 4.67. The van der Waals surface area contributed by atoms with Crippen molar-refractivity contribution in [2.45, 2.75) is 87.0 Å². The summed E-state index contributed by atoms with van der Waals surface area (Å²) >= 11 is 0. The first kappa shape index (κ1) is 17.4. The Morgan fingerprint density at radius 1 is 0.933 bits per heavy atom. The Bertz CT molecular complexity index is 111. The van der Waals surface area contributed by atoms with Gasteiger partial charge in [-0.15, -0.1) is 0 Å². The van der Waals surface area contributed by atoms with Gasteiger partial charge < -0.3 is 0 Å². The fourth-order valence-corrected chi connectivity index (χ4v) is 2.41. The second-order valence-corrected chi connectivity index (χ2v) is 4.67. The molecule has 0 amide bonds. The van der Waals surface area contributed by atoms with Crippen LogP contribution < -0.4 is 0 Å². The summed E-state index contributed by atoms with van der Waals surface area (Å²) in [5, 5.41) is 0. The average Bonchev–Trinajstić information content (AvgIpc) is 2.30. The average molecular weight is 214 g/mol. The quantitative estimate of drug-likeness (QED) is 0.483. The molecule has 0 fully saturated rings. The van der Waals surface area contributed by atoms with Crippen molar-refractivity contribution >= 4 is 0 Å². The van der Waals surface area contributed by atoms with Crippen molar-refractivity contribution in [3.63, 3.8) is 0 Å². The predicted molar refractivity (Wildman–Crippen MR) is 73.3 cm³/mol. The molecule has 0 N–H and O–H groups in total. The molecule has 0 nitrogen and oxygen atoms in total. The van der Waals surface area contributed by atoms with Crippen LogP contribution in [0.3, 0.4) is 0 Å². The third-order valence-electron chi connectivity index (χ3n) is 3.76. The van der Waals surface area contributed by atoms with Crippen molar-refractivity contribution in [3.8, 4) is 0 Å². The van der Waals surface area contributed by atoms with E-state index in [0.717, 1.165) is 5.92 Å². The monoisotopic (exact) mass is 214 g/mol. The highest BCUT2D eigenvalue weighted by Crippen LogP contribution is 2.39. The maximum Gasteiger partial charge on any atom is -0.0300 e. The minimum atomic E-state index is 0.657. The highest BCUT2D eigenvalue weighted by atomic mass is 14.3. The summed E-state index contributed by atoms with van der Waals surface area (Å²) in [6.07, 6.45) is 8.27. The molecule has 0 aromatic carbocycles. The van der Waals surface area contributed by atoms with Crippen LogP contribution in [0, 0.1) is 11.3 Å². The second kappa shape index (κ2) is 10.5. The summed E-state index contributed by atoms with van der Waals surface area (Å²) in [5.74, 6) is 0.909. The van der Waals surface area contributed by atoms with Gasteiger partial charge in [-0.2, -0.15) is 0 Å². The van der Waals surface area contributed by atoms with Gasteiger partial charge in [0.15, 0.2) is 0 Å². The van der Waals surface area contributed by atoms with Crippen LogP contribution in [0.25, 0.3) is 0 Å². The SMILES string of the molecule is CC.CCCC(CC)(CC)CC(C)CC. The first-order valence-electron chi connectivity index (χ1n) is 7.14. The molecule has 1 atom stereocenters. The minimum Gasteiger partial charge on any atom is -0.0683 e.